The van der Waals surface area contributed by atoms with E-state index in [0.29, 0.717) is 13.4 Å². The lowest BCUT2D eigenvalue weighted by Gasteiger charge is -2.28. The van der Waals surface area contributed by atoms with Crippen LogP contribution in [0, 0.1) is 0 Å². The Labute approximate surface area is 754 Å². The number of hydrogen-bond donors (Lipinski definition) is 1. The van der Waals surface area contributed by atoms with E-state index in [0.717, 1.165) is 50.0 Å². The summed E-state index contributed by atoms with van der Waals surface area (Å²) in [6.07, 6.45) is 4.34. The summed E-state index contributed by atoms with van der Waals surface area (Å²) in [5.74, 6) is 0.580. The molecule has 1 N–H and O–H groups in total. The number of nitrogens with zero attached hydrogens (tertiary/aromatic N) is 6. The molecule has 0 atom stereocenters. The summed E-state index contributed by atoms with van der Waals surface area (Å²) in [5, 5.41) is 16.5. The first kappa shape index (κ1) is 78.5. The highest BCUT2D eigenvalue weighted by molar-refractivity contribution is 9.10. The van der Waals surface area contributed by atoms with Crippen LogP contribution < -0.4 is 14.5 Å². The zero-order valence-electron chi connectivity index (χ0n) is 71.2. The van der Waals surface area contributed by atoms with Gasteiger partial charge in [-0.15, -0.1) is 0 Å². The Kier molecular flexibility index (Phi) is 20.0. The van der Waals surface area contributed by atoms with Crippen LogP contribution in [0.2, 0.25) is 0 Å². The van der Waals surface area contributed by atoms with Crippen LogP contribution in [-0.2, 0) is 10.8 Å². The Balaban J connectivity index is 0.000000124. The van der Waals surface area contributed by atoms with E-state index in [4.69, 9.17) is 9.68 Å². The predicted octanol–water partition coefficient (Wildman–Crippen LogP) is 31.4. The minimum absolute atomic E-state index is 0.0839. The van der Waals surface area contributed by atoms with Crippen molar-refractivity contribution in [1.82, 2.24) is 18.3 Å². The van der Waals surface area contributed by atoms with Gasteiger partial charge < -0.3 is 37.7 Å². The zero-order valence-corrected chi connectivity index (χ0v) is 72.8. The molecular weight excluding hydrogens is 1620 g/mol. The second kappa shape index (κ2) is 32.6. The summed E-state index contributed by atoms with van der Waals surface area (Å²) >= 11 is 3.66. The zero-order chi connectivity index (χ0) is 86.1. The fourth-order valence-corrected chi connectivity index (χ4v) is 20.1. The van der Waals surface area contributed by atoms with Gasteiger partial charge in [0.2, 0.25) is 0 Å². The van der Waals surface area contributed by atoms with Crippen LogP contribution in [0.25, 0.3) is 144 Å². The molecule has 8 nitrogen and oxygen atoms in total. The minimum Gasteiger partial charge on any atom is -0.537 e. The van der Waals surface area contributed by atoms with Crippen LogP contribution in [0.15, 0.2) is 454 Å². The van der Waals surface area contributed by atoms with Crippen molar-refractivity contribution in [2.75, 3.05) is 9.80 Å². The van der Waals surface area contributed by atoms with Gasteiger partial charge in [0.1, 0.15) is 5.75 Å². The molecule has 18 aromatic carbocycles. The average molecular weight is 1710 g/mol. The van der Waals surface area contributed by atoms with Gasteiger partial charge in [0.15, 0.2) is 0 Å². The number of anilines is 6. The molecule has 0 bridgehead atoms. The van der Waals surface area contributed by atoms with Gasteiger partial charge in [-0.1, -0.05) is 280 Å². The topological polar surface area (TPSA) is 55.7 Å². The molecule has 22 aromatic rings. The van der Waals surface area contributed by atoms with Gasteiger partial charge in [0.05, 0.1) is 33.1 Å². The summed E-state index contributed by atoms with van der Waals surface area (Å²) < 4.78 is 15.6. The molecular formula is C118H87BBrN6O2. The van der Waals surface area contributed by atoms with Gasteiger partial charge in [0.25, 0.3) is 0 Å². The number of rotatable bonds is 15. The van der Waals surface area contributed by atoms with Crippen LogP contribution in [-0.4, -0.2) is 31.0 Å². The molecule has 4 aromatic heterocycles. The maximum Gasteiger partial charge on any atom is 0.569 e. The summed E-state index contributed by atoms with van der Waals surface area (Å²) in [7, 11) is 0.704. The van der Waals surface area contributed by atoms with Gasteiger partial charge in [-0.05, 0) is 278 Å². The minimum atomic E-state index is -0.104. The van der Waals surface area contributed by atoms with Crippen molar-refractivity contribution >= 4 is 123 Å². The summed E-state index contributed by atoms with van der Waals surface area (Å²) in [5.41, 5.74) is 36.1. The fourth-order valence-electron chi connectivity index (χ4n) is 19.7. The van der Waals surface area contributed by atoms with Crippen LogP contribution in [0.1, 0.15) is 49.9 Å². The summed E-state index contributed by atoms with van der Waals surface area (Å²) in [6, 6.07) is 157. The molecule has 0 saturated heterocycles. The molecule has 2 aliphatic carbocycles. The maximum absolute atomic E-state index is 9.03. The monoisotopic (exact) mass is 1710 g/mol. The lowest BCUT2D eigenvalue weighted by molar-refractivity contribution is 0.454. The van der Waals surface area contributed by atoms with Gasteiger partial charge in [-0.2, -0.15) is 0 Å². The number of aromatic nitrogens is 4. The number of hydrogen-bond acceptors (Lipinski definition) is 4. The van der Waals surface area contributed by atoms with E-state index in [1.807, 2.05) is 30.3 Å². The molecule has 4 heterocycles. The van der Waals surface area contributed by atoms with Gasteiger partial charge in [0, 0.05) is 117 Å². The van der Waals surface area contributed by atoms with Crippen molar-refractivity contribution in [3.8, 4) is 84.1 Å². The third-order valence-corrected chi connectivity index (χ3v) is 26.6. The largest absolute Gasteiger partial charge is 0.569 e. The first-order valence-corrected chi connectivity index (χ1v) is 44.4. The molecule has 128 heavy (non-hydrogen) atoms. The quantitative estimate of drug-likeness (QED) is 0.104. The fraction of sp³-hybridized carbons (Fsp3) is 0.0508. The lowest BCUT2D eigenvalue weighted by Crippen LogP contribution is -2.16. The van der Waals surface area contributed by atoms with Gasteiger partial charge >= 0.3 is 7.69 Å². The first-order valence-electron chi connectivity index (χ1n) is 43.6. The third-order valence-electron chi connectivity index (χ3n) is 26.1. The number of halogens is 1. The van der Waals surface area contributed by atoms with Crippen molar-refractivity contribution in [3.05, 3.63) is 476 Å². The summed E-state index contributed by atoms with van der Waals surface area (Å²) in [4.78, 5) is 4.67. The third kappa shape index (κ3) is 14.0. The molecule has 611 valence electrons. The van der Waals surface area contributed by atoms with E-state index in [1.165, 1.54) is 155 Å². The van der Waals surface area contributed by atoms with E-state index >= 15 is 0 Å². The number of benzene rings is 18. The van der Waals surface area contributed by atoms with Gasteiger partial charge in [-0.3, -0.25) is 0 Å². The highest BCUT2D eigenvalue weighted by atomic mass is 79.9. The molecule has 0 spiro atoms. The average Bonchev–Trinajstić information content (AvgIpc) is 1.56. The molecule has 0 aliphatic heterocycles. The van der Waals surface area contributed by atoms with Crippen molar-refractivity contribution in [2.24, 2.45) is 0 Å². The van der Waals surface area contributed by atoms with Crippen LogP contribution in [0.3, 0.4) is 0 Å². The van der Waals surface area contributed by atoms with E-state index < -0.39 is 0 Å². The van der Waals surface area contributed by atoms with E-state index in [9.17, 15) is 0 Å². The second-order valence-electron chi connectivity index (χ2n) is 34.2. The molecule has 0 saturated carbocycles. The van der Waals surface area contributed by atoms with Crippen molar-refractivity contribution < 1.29 is 9.68 Å². The van der Waals surface area contributed by atoms with E-state index in [2.05, 4.69) is 491 Å². The Bertz CT molecular complexity index is 7910. The Morgan fingerprint density at radius 2 is 0.578 bits per heavy atom. The van der Waals surface area contributed by atoms with Crippen molar-refractivity contribution in [3.63, 3.8) is 0 Å². The molecule has 10 heteroatoms. The maximum atomic E-state index is 9.03. The molecule has 24 rings (SSSR count). The standard InChI is InChI=1S/C59H43N3.C33H27BNO2.C26H17BrN2/c1-59(2)54-21-13-12-20-50(54)51-32-31-49(38-55(51)59)61(47-27-22-41(23-28-47)40-14-6-3-7-15-40)48-29-24-42(25-30-48)43-26-33-56-52(36-43)53-39-57-44(34-35-60(57)45-16-8-4-9-17-45)37-58(53)62(56)46-18-10-5-11-19-46;1-33(2)31-11-7-6-10-29(31)30-21-18-27(22-32(30)33)35(26-16-19-28(20-17-26)37-34-36)25-14-12-24(13-15-25)23-8-4-3-5-9-23;27-19-11-12-24-22(16-19)23-17-25-18(13-14-28(25)20-7-3-1-4-8-20)15-26(23)29(24)21-9-5-2-6-10-21/h3-39H,1-2H3;3-22,36H,1-2H3;1-17H. The van der Waals surface area contributed by atoms with Crippen LogP contribution in [0.4, 0.5) is 34.1 Å². The molecule has 0 fully saturated rings. The van der Waals surface area contributed by atoms with E-state index in [-0.39, 0.29) is 10.8 Å². The van der Waals surface area contributed by atoms with Crippen LogP contribution in [0.5, 0.6) is 5.75 Å². The molecule has 0 amide bonds. The number of para-hydroxylation sites is 4. The first-order chi connectivity index (χ1) is 62.8. The SMILES string of the molecule is Brc1ccc2c(c1)c1cc3c(ccn3-c3ccccc3)cc1n2-c1ccccc1.CC1(C)c2ccccc2-c2ccc(N(c3ccc(-c4ccccc4)cc3)c3ccc(-c4ccc5c(c4)c4cc6c(ccn6-c6ccccc6)cc4n5-c4ccccc4)cc3)cc21.CC1(C)c2ccccc2-c2ccc(N(c3ccc(O[B]O)cc3)c3ccc(-c4ccccc4)cc3)cc21. The van der Waals surface area contributed by atoms with Crippen LogP contribution >= 0.6 is 15.9 Å². The smallest absolute Gasteiger partial charge is 0.537 e. The Hall–Kier alpha value is -15.5. The van der Waals surface area contributed by atoms with Gasteiger partial charge in [-0.25, -0.2) is 0 Å². The Morgan fingerprint density at radius 3 is 0.992 bits per heavy atom. The predicted molar refractivity (Wildman–Crippen MR) is 539 cm³/mol. The second-order valence-corrected chi connectivity index (χ2v) is 35.1. The molecule has 1 radical (unpaired) electrons. The highest BCUT2D eigenvalue weighted by Crippen LogP contribution is 2.54. The Morgan fingerprint density at radius 1 is 0.258 bits per heavy atom. The van der Waals surface area contributed by atoms with Crippen molar-refractivity contribution in [2.45, 2.75) is 38.5 Å². The molecule has 2 aliphatic rings. The lowest BCUT2D eigenvalue weighted by atomic mass is 9.82. The highest BCUT2D eigenvalue weighted by Gasteiger charge is 2.38. The normalized spacial score (nSPS) is 12.6. The van der Waals surface area contributed by atoms with E-state index in [1.54, 1.807) is 0 Å². The number of fused-ring (bicyclic) bond motifs is 14. The molecule has 0 unspecified atom stereocenters. The van der Waals surface area contributed by atoms with Crippen molar-refractivity contribution in [1.29, 1.82) is 0 Å². The summed E-state index contributed by atoms with van der Waals surface area (Å²) in [6.45, 7) is 9.32.